The summed E-state index contributed by atoms with van der Waals surface area (Å²) in [5, 5.41) is 2.44. The van der Waals surface area contributed by atoms with E-state index in [1.165, 1.54) is 12.1 Å². The fourth-order valence-corrected chi connectivity index (χ4v) is 3.15. The number of nitrogens with one attached hydrogen (secondary N) is 1. The molecule has 8 nitrogen and oxygen atoms in total. The molecule has 2 amide bonds. The maximum absolute atomic E-state index is 13.1. The second-order valence-electron chi connectivity index (χ2n) is 6.97. The summed E-state index contributed by atoms with van der Waals surface area (Å²) in [6, 6.07) is 13.4. The van der Waals surface area contributed by atoms with E-state index in [0.29, 0.717) is 18.1 Å². The third-order valence-corrected chi connectivity index (χ3v) is 4.86. The molecular formula is C21H26FIN6O2. The van der Waals surface area contributed by atoms with Crippen LogP contribution >= 0.6 is 24.0 Å². The zero-order valence-corrected chi connectivity index (χ0v) is 19.3. The molecular weight excluding hydrogens is 514 g/mol. The molecule has 0 saturated carbocycles. The van der Waals surface area contributed by atoms with Gasteiger partial charge in [-0.1, -0.05) is 12.1 Å². The molecule has 1 heterocycles. The SMILES string of the molecule is I.NC(=O)CNC(=O)c1ccc(CN=C(N)N2CCN(c3ccc(F)cc3)CC2)cc1. The van der Waals surface area contributed by atoms with Gasteiger partial charge in [0.2, 0.25) is 5.91 Å². The number of carbonyl (C=O) groups excluding carboxylic acids is 2. The van der Waals surface area contributed by atoms with Gasteiger partial charge in [0.05, 0.1) is 13.1 Å². The van der Waals surface area contributed by atoms with Gasteiger partial charge in [-0.05, 0) is 42.0 Å². The van der Waals surface area contributed by atoms with Crippen LogP contribution in [0.1, 0.15) is 15.9 Å². The highest BCUT2D eigenvalue weighted by molar-refractivity contribution is 14.0. The van der Waals surface area contributed by atoms with E-state index >= 15 is 0 Å². The third kappa shape index (κ3) is 7.09. The molecule has 3 rings (SSSR count). The number of guanidine groups is 1. The number of rotatable bonds is 6. The van der Waals surface area contributed by atoms with Gasteiger partial charge in [0.1, 0.15) is 5.82 Å². The van der Waals surface area contributed by atoms with Gasteiger partial charge in [0, 0.05) is 37.4 Å². The number of anilines is 1. The van der Waals surface area contributed by atoms with E-state index in [1.807, 2.05) is 4.90 Å². The Morgan fingerprint density at radius 2 is 1.58 bits per heavy atom. The van der Waals surface area contributed by atoms with Crippen molar-refractivity contribution in [2.45, 2.75) is 6.54 Å². The van der Waals surface area contributed by atoms with E-state index in [-0.39, 0.29) is 42.2 Å². The van der Waals surface area contributed by atoms with Gasteiger partial charge in [-0.2, -0.15) is 0 Å². The second kappa shape index (κ2) is 11.5. The predicted molar refractivity (Wildman–Crippen MR) is 129 cm³/mol. The summed E-state index contributed by atoms with van der Waals surface area (Å²) in [5.74, 6) is -0.726. The van der Waals surface area contributed by atoms with Gasteiger partial charge in [-0.15, -0.1) is 24.0 Å². The molecule has 2 aromatic rings. The molecule has 1 saturated heterocycles. The molecule has 2 aromatic carbocycles. The molecule has 10 heteroatoms. The lowest BCUT2D eigenvalue weighted by Crippen LogP contribution is -2.51. The molecule has 0 atom stereocenters. The maximum atomic E-state index is 13.1. The number of benzene rings is 2. The van der Waals surface area contributed by atoms with Gasteiger partial charge < -0.3 is 26.6 Å². The Kier molecular flexibility index (Phi) is 9.03. The molecule has 166 valence electrons. The van der Waals surface area contributed by atoms with Crippen LogP contribution in [0.4, 0.5) is 10.1 Å². The van der Waals surface area contributed by atoms with Crippen molar-refractivity contribution in [3.8, 4) is 0 Å². The Hall–Kier alpha value is -2.89. The van der Waals surface area contributed by atoms with Gasteiger partial charge in [0.25, 0.3) is 5.91 Å². The number of amides is 2. The first-order valence-electron chi connectivity index (χ1n) is 9.63. The van der Waals surface area contributed by atoms with Crippen molar-refractivity contribution in [2.24, 2.45) is 16.5 Å². The van der Waals surface area contributed by atoms with Crippen molar-refractivity contribution >= 4 is 47.4 Å². The third-order valence-electron chi connectivity index (χ3n) is 4.86. The summed E-state index contributed by atoms with van der Waals surface area (Å²) in [5.41, 5.74) is 13.5. The highest BCUT2D eigenvalue weighted by Crippen LogP contribution is 2.17. The van der Waals surface area contributed by atoms with E-state index < -0.39 is 5.91 Å². The molecule has 0 aromatic heterocycles. The standard InChI is InChI=1S/C21H25FN6O2.HI/c22-17-5-7-18(8-6-17)27-9-11-28(12-10-27)21(24)26-13-15-1-3-16(4-2-15)20(30)25-14-19(23)29;/h1-8H,9-14H2,(H2,23,29)(H2,24,26)(H,25,30);1H. The van der Waals surface area contributed by atoms with Crippen LogP contribution in [0.2, 0.25) is 0 Å². The smallest absolute Gasteiger partial charge is 0.251 e. The van der Waals surface area contributed by atoms with Crippen molar-refractivity contribution in [1.82, 2.24) is 10.2 Å². The fraction of sp³-hybridized carbons (Fsp3) is 0.286. The van der Waals surface area contributed by atoms with Crippen molar-refractivity contribution in [1.29, 1.82) is 0 Å². The Morgan fingerprint density at radius 1 is 0.968 bits per heavy atom. The van der Waals surface area contributed by atoms with Gasteiger partial charge >= 0.3 is 0 Å². The summed E-state index contributed by atoms with van der Waals surface area (Å²) in [6.45, 7) is 3.20. The van der Waals surface area contributed by atoms with Crippen molar-refractivity contribution < 1.29 is 14.0 Å². The van der Waals surface area contributed by atoms with Crippen LogP contribution in [0.5, 0.6) is 0 Å². The van der Waals surface area contributed by atoms with Gasteiger partial charge in [-0.3, -0.25) is 9.59 Å². The monoisotopic (exact) mass is 540 g/mol. The maximum Gasteiger partial charge on any atom is 0.251 e. The Labute approximate surface area is 197 Å². The number of halogens is 2. The summed E-state index contributed by atoms with van der Waals surface area (Å²) in [7, 11) is 0. The summed E-state index contributed by atoms with van der Waals surface area (Å²) in [6.07, 6.45) is 0. The molecule has 5 N–H and O–H groups in total. The van der Waals surface area contributed by atoms with Crippen LogP contribution in [0.25, 0.3) is 0 Å². The topological polar surface area (TPSA) is 117 Å². The number of nitrogens with two attached hydrogens (primary N) is 2. The number of carbonyl (C=O) groups is 2. The van der Waals surface area contributed by atoms with Crippen molar-refractivity contribution in [3.63, 3.8) is 0 Å². The first-order valence-corrected chi connectivity index (χ1v) is 9.63. The number of piperazine rings is 1. The Balaban J connectivity index is 0.00000341. The second-order valence-corrected chi connectivity index (χ2v) is 6.97. The molecule has 0 radical (unpaired) electrons. The number of hydrogen-bond acceptors (Lipinski definition) is 4. The first-order chi connectivity index (χ1) is 14.4. The average molecular weight is 540 g/mol. The molecule has 1 fully saturated rings. The molecule has 0 unspecified atom stereocenters. The van der Waals surface area contributed by atoms with Crippen LogP contribution in [-0.2, 0) is 11.3 Å². The summed E-state index contributed by atoms with van der Waals surface area (Å²) in [4.78, 5) is 31.3. The number of primary amides is 1. The predicted octanol–water partition coefficient (Wildman–Crippen LogP) is 1.30. The number of aliphatic imine (C=N–C) groups is 1. The van der Waals surface area contributed by atoms with E-state index in [2.05, 4.69) is 15.2 Å². The minimum Gasteiger partial charge on any atom is -0.370 e. The van der Waals surface area contributed by atoms with Crippen LogP contribution in [0, 0.1) is 5.82 Å². The largest absolute Gasteiger partial charge is 0.370 e. The van der Waals surface area contributed by atoms with Gasteiger partial charge in [-0.25, -0.2) is 9.38 Å². The lowest BCUT2D eigenvalue weighted by Gasteiger charge is -2.36. The van der Waals surface area contributed by atoms with Crippen molar-refractivity contribution in [2.75, 3.05) is 37.6 Å². The fourth-order valence-electron chi connectivity index (χ4n) is 3.15. The van der Waals surface area contributed by atoms with Crippen LogP contribution in [0.15, 0.2) is 53.5 Å². The van der Waals surface area contributed by atoms with Crippen molar-refractivity contribution in [3.05, 3.63) is 65.5 Å². The highest BCUT2D eigenvalue weighted by atomic mass is 127. The number of nitrogens with zero attached hydrogens (tertiary/aromatic N) is 3. The summed E-state index contributed by atoms with van der Waals surface area (Å²) >= 11 is 0. The van der Waals surface area contributed by atoms with Crippen LogP contribution < -0.4 is 21.7 Å². The van der Waals surface area contributed by atoms with E-state index in [0.717, 1.165) is 37.4 Å². The van der Waals surface area contributed by atoms with E-state index in [1.54, 1.807) is 36.4 Å². The zero-order valence-electron chi connectivity index (χ0n) is 17.0. The quantitative estimate of drug-likeness (QED) is 0.290. The molecule has 31 heavy (non-hydrogen) atoms. The lowest BCUT2D eigenvalue weighted by atomic mass is 10.1. The first kappa shape index (κ1) is 24.4. The molecule has 0 spiro atoms. The van der Waals surface area contributed by atoms with Crippen LogP contribution in [-0.4, -0.2) is 55.4 Å². The summed E-state index contributed by atoms with van der Waals surface area (Å²) < 4.78 is 13.1. The number of hydrogen-bond donors (Lipinski definition) is 3. The highest BCUT2D eigenvalue weighted by Gasteiger charge is 2.18. The zero-order chi connectivity index (χ0) is 21.5. The van der Waals surface area contributed by atoms with E-state index in [4.69, 9.17) is 11.5 Å². The lowest BCUT2D eigenvalue weighted by molar-refractivity contribution is -0.117. The Morgan fingerprint density at radius 3 is 2.16 bits per heavy atom. The van der Waals surface area contributed by atoms with Gasteiger partial charge in [0.15, 0.2) is 5.96 Å². The minimum absolute atomic E-state index is 0. The normalized spacial score (nSPS) is 14.0. The average Bonchev–Trinajstić information content (AvgIpc) is 2.77. The molecule has 0 aliphatic carbocycles. The molecule has 1 aliphatic rings. The molecule has 0 bridgehead atoms. The Bertz CT molecular complexity index is 912. The minimum atomic E-state index is -0.594. The van der Waals surface area contributed by atoms with E-state index in [9.17, 15) is 14.0 Å². The molecule has 1 aliphatic heterocycles. The van der Waals surface area contributed by atoms with Crippen LogP contribution in [0.3, 0.4) is 0 Å².